The summed E-state index contributed by atoms with van der Waals surface area (Å²) < 4.78 is 2.23. The van der Waals surface area contributed by atoms with E-state index in [0.29, 0.717) is 0 Å². The highest BCUT2D eigenvalue weighted by molar-refractivity contribution is 6.05. The number of aromatic nitrogens is 2. The van der Waals surface area contributed by atoms with E-state index in [1.807, 2.05) is 42.5 Å². The van der Waals surface area contributed by atoms with Gasteiger partial charge in [-0.25, -0.2) is 4.98 Å². The first-order valence-electron chi connectivity index (χ1n) is 13.7. The molecule has 0 saturated carbocycles. The van der Waals surface area contributed by atoms with E-state index in [0.717, 1.165) is 109 Å². The number of benzene rings is 2. The van der Waals surface area contributed by atoms with Crippen LogP contribution in [0.5, 0.6) is 0 Å². The fourth-order valence-electron chi connectivity index (χ4n) is 5.17. The lowest BCUT2D eigenvalue weighted by Gasteiger charge is -2.15. The molecule has 1 aromatic heterocycles. The van der Waals surface area contributed by atoms with Crippen LogP contribution in [0.25, 0.3) is 22.4 Å². The highest BCUT2D eigenvalue weighted by atomic mass is 16.2. The first-order chi connectivity index (χ1) is 18.5. The molecule has 0 unspecified atom stereocenters. The maximum absolute atomic E-state index is 12.7. The van der Waals surface area contributed by atoms with Crippen LogP contribution in [-0.4, -0.2) is 46.9 Å². The minimum atomic E-state index is -0.0158. The Morgan fingerprint density at radius 2 is 1.45 bits per heavy atom. The number of carbonyl (C=O) groups excluding carboxylic acids is 2. The van der Waals surface area contributed by atoms with Gasteiger partial charge in [-0.05, 0) is 108 Å². The molecule has 0 radical (unpaired) electrons. The Hall–Kier alpha value is -3.71. The van der Waals surface area contributed by atoms with Crippen LogP contribution in [0.3, 0.4) is 0 Å². The monoisotopic (exact) mass is 511 g/mol. The van der Waals surface area contributed by atoms with Crippen LogP contribution in [-0.2, 0) is 16.1 Å². The van der Waals surface area contributed by atoms with Gasteiger partial charge >= 0.3 is 0 Å². The van der Waals surface area contributed by atoms with Crippen molar-refractivity contribution >= 4 is 34.2 Å². The van der Waals surface area contributed by atoms with Crippen molar-refractivity contribution in [1.82, 2.24) is 14.5 Å². The van der Waals surface area contributed by atoms with Crippen LogP contribution in [0, 0.1) is 0 Å². The number of hydrogen-bond donors (Lipinski definition) is 2. The van der Waals surface area contributed by atoms with Gasteiger partial charge in [0.15, 0.2) is 0 Å². The zero-order valence-corrected chi connectivity index (χ0v) is 22.4. The van der Waals surface area contributed by atoms with Crippen molar-refractivity contribution in [2.75, 3.05) is 31.3 Å². The fraction of sp³-hybridized carbons (Fsp3) is 0.387. The number of nitrogens with zero attached hydrogens (tertiary/aromatic N) is 3. The maximum atomic E-state index is 12.7. The second-order valence-corrected chi connectivity index (χ2v) is 10.5. The van der Waals surface area contributed by atoms with Crippen molar-refractivity contribution in [3.63, 3.8) is 0 Å². The van der Waals surface area contributed by atoms with E-state index in [1.54, 1.807) is 0 Å². The topological polar surface area (TPSA) is 79.3 Å². The minimum absolute atomic E-state index is 0.00534. The van der Waals surface area contributed by atoms with Crippen LogP contribution in [0.2, 0.25) is 0 Å². The molecule has 1 heterocycles. The predicted molar refractivity (Wildman–Crippen MR) is 154 cm³/mol. The molecule has 5 rings (SSSR count). The van der Waals surface area contributed by atoms with Gasteiger partial charge < -0.3 is 20.1 Å². The largest absolute Gasteiger partial charge is 0.323 e. The molecule has 0 spiro atoms. The van der Waals surface area contributed by atoms with Crippen LogP contribution < -0.4 is 10.6 Å². The molecule has 0 aliphatic heterocycles. The highest BCUT2D eigenvalue weighted by Gasteiger charge is 2.17. The summed E-state index contributed by atoms with van der Waals surface area (Å²) in [5.41, 5.74) is 6.15. The fourth-order valence-corrected chi connectivity index (χ4v) is 5.17. The Morgan fingerprint density at radius 3 is 2.03 bits per heavy atom. The van der Waals surface area contributed by atoms with E-state index in [9.17, 15) is 9.59 Å². The average molecular weight is 512 g/mol. The summed E-state index contributed by atoms with van der Waals surface area (Å²) in [4.78, 5) is 32.5. The molecule has 0 atom stereocenters. The van der Waals surface area contributed by atoms with E-state index in [2.05, 4.69) is 46.3 Å². The lowest BCUT2D eigenvalue weighted by atomic mass is 9.99. The number of carbonyl (C=O) groups is 2. The van der Waals surface area contributed by atoms with Crippen molar-refractivity contribution in [2.45, 2.75) is 57.9 Å². The lowest BCUT2D eigenvalue weighted by molar-refractivity contribution is -0.113. The van der Waals surface area contributed by atoms with Crippen LogP contribution in [0.15, 0.2) is 65.8 Å². The Morgan fingerprint density at radius 1 is 0.842 bits per heavy atom. The first-order valence-corrected chi connectivity index (χ1v) is 13.7. The number of fused-ring (bicyclic) bond motifs is 1. The molecule has 2 aliphatic rings. The maximum Gasteiger partial charge on any atom is 0.251 e. The number of imidazole rings is 1. The Labute approximate surface area is 224 Å². The number of rotatable bonds is 8. The molecule has 198 valence electrons. The number of anilines is 2. The molecule has 0 fully saturated rings. The third-order valence-electron chi connectivity index (χ3n) is 7.34. The molecular weight excluding hydrogens is 474 g/mol. The van der Waals surface area contributed by atoms with Gasteiger partial charge in [0, 0.05) is 41.2 Å². The highest BCUT2D eigenvalue weighted by Crippen LogP contribution is 2.29. The summed E-state index contributed by atoms with van der Waals surface area (Å²) >= 11 is 0. The molecule has 3 aromatic rings. The third-order valence-corrected chi connectivity index (χ3v) is 7.34. The normalized spacial score (nSPS) is 15.8. The van der Waals surface area contributed by atoms with E-state index < -0.39 is 0 Å². The molecule has 2 aliphatic carbocycles. The smallest absolute Gasteiger partial charge is 0.251 e. The molecule has 7 nitrogen and oxygen atoms in total. The van der Waals surface area contributed by atoms with Gasteiger partial charge in [0.25, 0.3) is 11.8 Å². The number of hydrogen-bond acceptors (Lipinski definition) is 4. The van der Waals surface area contributed by atoms with Gasteiger partial charge in [-0.3, -0.25) is 9.59 Å². The van der Waals surface area contributed by atoms with Crippen molar-refractivity contribution in [3.05, 3.63) is 65.8 Å². The van der Waals surface area contributed by atoms with Gasteiger partial charge in [-0.1, -0.05) is 12.2 Å². The van der Waals surface area contributed by atoms with E-state index in [4.69, 9.17) is 4.98 Å². The van der Waals surface area contributed by atoms with Gasteiger partial charge in [0.05, 0.1) is 11.0 Å². The number of nitrogens with one attached hydrogen (secondary N) is 2. The molecule has 0 bridgehead atoms. The third kappa shape index (κ3) is 6.05. The summed E-state index contributed by atoms with van der Waals surface area (Å²) in [6, 6.07) is 13.9. The summed E-state index contributed by atoms with van der Waals surface area (Å²) in [5, 5.41) is 6.10. The molecule has 7 heteroatoms. The van der Waals surface area contributed by atoms with Gasteiger partial charge in [-0.15, -0.1) is 0 Å². The number of amides is 2. The van der Waals surface area contributed by atoms with Crippen molar-refractivity contribution in [1.29, 1.82) is 0 Å². The summed E-state index contributed by atoms with van der Waals surface area (Å²) in [6.45, 7) is 1.65. The van der Waals surface area contributed by atoms with E-state index in [-0.39, 0.29) is 11.8 Å². The van der Waals surface area contributed by atoms with Crippen LogP contribution in [0.4, 0.5) is 11.4 Å². The standard InChI is InChI=1S/C31H37N5O2/c1-35(2)19-20-36-28-18-17-26(33-31(38)24-11-7-4-8-12-24)21-27(28)34-29(36)22-13-15-25(16-14-22)32-30(37)23-9-5-3-6-10-23/h9,11,13-18,21H,3-8,10,12,19-20H2,1-2H3,(H,32,37)(H,33,38). The zero-order chi connectivity index (χ0) is 26.5. The average Bonchev–Trinajstić information content (AvgIpc) is 3.31. The molecule has 2 amide bonds. The summed E-state index contributed by atoms with van der Waals surface area (Å²) in [7, 11) is 4.12. The zero-order valence-electron chi connectivity index (χ0n) is 22.4. The van der Waals surface area contributed by atoms with Crippen LogP contribution >= 0.6 is 0 Å². The first kappa shape index (κ1) is 25.9. The molecule has 2 aromatic carbocycles. The molecule has 38 heavy (non-hydrogen) atoms. The molecule has 2 N–H and O–H groups in total. The second kappa shape index (κ2) is 11.8. The summed E-state index contributed by atoms with van der Waals surface area (Å²) in [5.74, 6) is 0.848. The van der Waals surface area contributed by atoms with E-state index in [1.165, 1.54) is 0 Å². The minimum Gasteiger partial charge on any atom is -0.323 e. The van der Waals surface area contributed by atoms with Crippen molar-refractivity contribution in [3.8, 4) is 11.4 Å². The second-order valence-electron chi connectivity index (χ2n) is 10.5. The lowest BCUT2D eigenvalue weighted by Crippen LogP contribution is -2.19. The molecular formula is C31H37N5O2. The summed E-state index contributed by atoms with van der Waals surface area (Å²) in [6.07, 6.45) is 12.2. The van der Waals surface area contributed by atoms with Crippen molar-refractivity contribution < 1.29 is 9.59 Å². The Bertz CT molecular complexity index is 1380. The Balaban J connectivity index is 1.39. The van der Waals surface area contributed by atoms with Crippen LogP contribution in [0.1, 0.15) is 51.4 Å². The predicted octanol–water partition coefficient (Wildman–Crippen LogP) is 6.14. The Kier molecular flexibility index (Phi) is 8.03. The quantitative estimate of drug-likeness (QED) is 0.381. The number of likely N-dealkylation sites (N-methyl/N-ethyl adjacent to an activating group) is 1. The van der Waals surface area contributed by atoms with Crippen molar-refractivity contribution in [2.24, 2.45) is 0 Å². The molecule has 0 saturated heterocycles. The van der Waals surface area contributed by atoms with Gasteiger partial charge in [-0.2, -0.15) is 0 Å². The van der Waals surface area contributed by atoms with Gasteiger partial charge in [0.1, 0.15) is 5.82 Å². The van der Waals surface area contributed by atoms with E-state index >= 15 is 0 Å². The number of allylic oxidation sites excluding steroid dienone is 2. The SMILES string of the molecule is CN(C)CCn1c(-c2ccc(NC(=O)C3=CCCCC3)cc2)nc2cc(NC(=O)C3=CCCCC3)ccc21. The van der Waals surface area contributed by atoms with Gasteiger partial charge in [0.2, 0.25) is 0 Å².